The first-order valence-electron chi connectivity index (χ1n) is 10.7. The highest BCUT2D eigenvalue weighted by Gasteiger charge is 2.08. The van der Waals surface area contributed by atoms with Gasteiger partial charge in [0.25, 0.3) is 5.96 Å². The third-order valence-corrected chi connectivity index (χ3v) is 4.92. The number of H-pyrrole nitrogens is 1. The number of carbonyl (C=O) groups is 1. The molecule has 4 aromatic rings. The van der Waals surface area contributed by atoms with Gasteiger partial charge in [-0.05, 0) is 47.5 Å². The smallest absolute Gasteiger partial charge is 0.300 e. The van der Waals surface area contributed by atoms with Crippen LogP contribution in [0.2, 0.25) is 0 Å². The van der Waals surface area contributed by atoms with Crippen LogP contribution < -0.4 is 16.0 Å². The number of benzene rings is 2. The van der Waals surface area contributed by atoms with Crippen molar-refractivity contribution in [2.75, 3.05) is 5.32 Å². The van der Waals surface area contributed by atoms with Crippen molar-refractivity contribution < 1.29 is 9.83 Å². The fourth-order valence-electron chi connectivity index (χ4n) is 3.32. The number of guanidine groups is 1. The highest BCUT2D eigenvalue weighted by Crippen LogP contribution is 2.15. The van der Waals surface area contributed by atoms with E-state index >= 15 is 0 Å². The lowest BCUT2D eigenvalue weighted by molar-refractivity contribution is -0.485. The van der Waals surface area contributed by atoms with E-state index in [1.54, 1.807) is 30.6 Å². The zero-order chi connectivity index (χ0) is 24.5. The molecule has 0 unspecified atom stereocenters. The van der Waals surface area contributed by atoms with Gasteiger partial charge in [0, 0.05) is 48.0 Å². The number of nitrogens with zero attached hydrogens (tertiary/aromatic N) is 3. The molecular weight excluding hydrogens is 446 g/mol. The van der Waals surface area contributed by atoms with Gasteiger partial charge < -0.3 is 20.9 Å². The Morgan fingerprint density at radius 3 is 2.71 bits per heavy atom. The van der Waals surface area contributed by atoms with Crippen molar-refractivity contribution in [3.8, 4) is 11.8 Å². The molecule has 0 saturated heterocycles. The lowest BCUT2D eigenvalue weighted by atomic mass is 10.2. The van der Waals surface area contributed by atoms with E-state index in [2.05, 4.69) is 42.9 Å². The van der Waals surface area contributed by atoms with Crippen LogP contribution in [-0.4, -0.2) is 26.9 Å². The van der Waals surface area contributed by atoms with Crippen LogP contribution >= 0.6 is 0 Å². The Morgan fingerprint density at radius 2 is 1.89 bits per heavy atom. The quantitative estimate of drug-likeness (QED) is 0.113. The monoisotopic (exact) mass is 467 g/mol. The molecule has 0 atom stereocenters. The molecule has 2 aromatic heterocycles. The van der Waals surface area contributed by atoms with Gasteiger partial charge in [0.1, 0.15) is 10.7 Å². The van der Waals surface area contributed by atoms with Crippen molar-refractivity contribution >= 4 is 28.6 Å². The Morgan fingerprint density at radius 1 is 1.06 bits per heavy atom. The largest absolute Gasteiger partial charge is 0.347 e. The molecular formula is C25H21N7O3. The molecule has 10 nitrogen and oxygen atoms in total. The summed E-state index contributed by atoms with van der Waals surface area (Å²) in [5.41, 5.74) is 3.74. The minimum atomic E-state index is -0.768. The number of nitro groups is 1. The molecule has 35 heavy (non-hydrogen) atoms. The van der Waals surface area contributed by atoms with Gasteiger partial charge in [0.05, 0.1) is 0 Å². The zero-order valence-electron chi connectivity index (χ0n) is 18.5. The van der Waals surface area contributed by atoms with E-state index < -0.39 is 10.9 Å². The summed E-state index contributed by atoms with van der Waals surface area (Å²) in [5, 5.41) is 23.2. The highest BCUT2D eigenvalue weighted by molar-refractivity contribution is 6.04. The maximum absolute atomic E-state index is 12.2. The molecule has 0 radical (unpaired) electrons. The average Bonchev–Trinajstić information content (AvgIpc) is 3.35. The van der Waals surface area contributed by atoms with Gasteiger partial charge in [-0.2, -0.15) is 0 Å². The van der Waals surface area contributed by atoms with E-state index in [4.69, 9.17) is 0 Å². The van der Waals surface area contributed by atoms with Crippen LogP contribution in [0.1, 0.15) is 16.7 Å². The van der Waals surface area contributed by atoms with Crippen LogP contribution in [0.25, 0.3) is 11.0 Å². The summed E-state index contributed by atoms with van der Waals surface area (Å²) >= 11 is 0. The third-order valence-electron chi connectivity index (χ3n) is 4.92. The number of anilines is 1. The SMILES string of the molecule is O=C(C#Cc1ccccc1)Nc1cccc(CNC(=N[N+](=O)[O-])NCc2ccnc3[nH]ccc23)c1. The first-order chi connectivity index (χ1) is 17.1. The number of rotatable bonds is 6. The molecule has 0 aliphatic carbocycles. The molecule has 2 aromatic carbocycles. The molecule has 0 aliphatic rings. The molecule has 0 bridgehead atoms. The molecule has 0 spiro atoms. The zero-order valence-corrected chi connectivity index (χ0v) is 18.5. The molecule has 4 N–H and O–H groups in total. The van der Waals surface area contributed by atoms with Crippen molar-refractivity contribution in [2.45, 2.75) is 13.1 Å². The summed E-state index contributed by atoms with van der Waals surface area (Å²) in [6, 6.07) is 20.0. The van der Waals surface area contributed by atoms with Crippen LogP contribution in [0.15, 0.2) is 84.2 Å². The van der Waals surface area contributed by atoms with Crippen molar-refractivity contribution in [1.82, 2.24) is 20.6 Å². The van der Waals surface area contributed by atoms with E-state index in [1.807, 2.05) is 48.5 Å². The summed E-state index contributed by atoms with van der Waals surface area (Å²) in [5.74, 6) is 4.93. The fourth-order valence-corrected chi connectivity index (χ4v) is 3.32. The van der Waals surface area contributed by atoms with Crippen LogP contribution in [0.5, 0.6) is 0 Å². The topological polar surface area (TPSA) is 137 Å². The highest BCUT2D eigenvalue weighted by atomic mass is 16.7. The summed E-state index contributed by atoms with van der Waals surface area (Å²) < 4.78 is 0. The second kappa shape index (κ2) is 11.1. The van der Waals surface area contributed by atoms with Gasteiger partial charge in [0.2, 0.25) is 0 Å². The van der Waals surface area contributed by atoms with E-state index in [9.17, 15) is 14.9 Å². The summed E-state index contributed by atoms with van der Waals surface area (Å²) in [6.45, 7) is 0.557. The summed E-state index contributed by atoms with van der Waals surface area (Å²) in [6.07, 6.45) is 3.45. The number of fused-ring (bicyclic) bond motifs is 1. The number of aromatic nitrogens is 2. The van der Waals surface area contributed by atoms with Gasteiger partial charge in [-0.15, -0.1) is 0 Å². The number of amides is 1. The number of hydrogen-bond acceptors (Lipinski definition) is 4. The Labute approximate surface area is 200 Å². The standard InChI is InChI=1S/C25H21N7O3/c33-23(10-9-18-5-2-1-3-6-18)30-21-8-4-7-19(15-21)16-28-25(31-32(34)35)29-17-20-11-13-26-24-22(20)12-14-27-24/h1-8,11-15H,16-17H2,(H,26,27)(H,30,33)(H2,28,29,31). The lowest BCUT2D eigenvalue weighted by Crippen LogP contribution is -2.37. The number of hydrazone groups is 1. The van der Waals surface area contributed by atoms with Gasteiger partial charge in [0.15, 0.2) is 5.03 Å². The average molecular weight is 467 g/mol. The molecule has 0 fully saturated rings. The van der Waals surface area contributed by atoms with Gasteiger partial charge in [-0.25, -0.2) is 15.1 Å². The predicted octanol–water partition coefficient (Wildman–Crippen LogP) is 2.98. The van der Waals surface area contributed by atoms with E-state index in [0.29, 0.717) is 12.2 Å². The number of hydrogen-bond donors (Lipinski definition) is 4. The van der Waals surface area contributed by atoms with Crippen molar-refractivity contribution in [3.63, 3.8) is 0 Å². The minimum absolute atomic E-state index is 0.0127. The van der Waals surface area contributed by atoms with Gasteiger partial charge in [-0.1, -0.05) is 36.3 Å². The molecule has 10 heteroatoms. The van der Waals surface area contributed by atoms with E-state index in [0.717, 1.165) is 27.7 Å². The van der Waals surface area contributed by atoms with Crippen molar-refractivity contribution in [2.24, 2.45) is 5.10 Å². The van der Waals surface area contributed by atoms with E-state index in [-0.39, 0.29) is 12.5 Å². The molecule has 2 heterocycles. The molecule has 0 saturated carbocycles. The Bertz CT molecular complexity index is 1440. The molecule has 174 valence electrons. The molecule has 4 rings (SSSR count). The summed E-state index contributed by atoms with van der Waals surface area (Å²) in [4.78, 5) is 30.4. The number of nitrogens with one attached hydrogen (secondary N) is 4. The Balaban J connectivity index is 1.37. The van der Waals surface area contributed by atoms with E-state index in [1.165, 1.54) is 0 Å². The number of carbonyl (C=O) groups excluding carboxylic acids is 1. The molecule has 0 aliphatic heterocycles. The van der Waals surface area contributed by atoms with Gasteiger partial charge >= 0.3 is 5.91 Å². The van der Waals surface area contributed by atoms with Crippen LogP contribution in [0.3, 0.4) is 0 Å². The second-order valence-corrected chi connectivity index (χ2v) is 7.37. The Hall–Kier alpha value is -5.17. The fraction of sp³-hybridized carbons (Fsp3) is 0.0800. The number of pyridine rings is 1. The minimum Gasteiger partial charge on any atom is -0.347 e. The number of aromatic amines is 1. The van der Waals surface area contributed by atoms with Crippen LogP contribution in [-0.2, 0) is 17.9 Å². The van der Waals surface area contributed by atoms with Crippen LogP contribution in [0, 0.1) is 22.0 Å². The molecule has 1 amide bonds. The first kappa shape index (κ1) is 23.0. The summed E-state index contributed by atoms with van der Waals surface area (Å²) in [7, 11) is 0. The van der Waals surface area contributed by atoms with Crippen molar-refractivity contribution in [1.29, 1.82) is 0 Å². The maximum atomic E-state index is 12.2. The predicted molar refractivity (Wildman–Crippen MR) is 133 cm³/mol. The van der Waals surface area contributed by atoms with Gasteiger partial charge in [-0.3, -0.25) is 4.79 Å². The van der Waals surface area contributed by atoms with Crippen LogP contribution in [0.4, 0.5) is 5.69 Å². The lowest BCUT2D eigenvalue weighted by Gasteiger charge is -2.11. The third kappa shape index (κ3) is 6.66. The normalized spacial score (nSPS) is 10.8. The Kier molecular flexibility index (Phi) is 7.30. The second-order valence-electron chi connectivity index (χ2n) is 7.37. The van der Waals surface area contributed by atoms with Crippen molar-refractivity contribution in [3.05, 3.63) is 106 Å². The maximum Gasteiger partial charge on any atom is 0.300 e. The first-order valence-corrected chi connectivity index (χ1v) is 10.7.